The predicted octanol–water partition coefficient (Wildman–Crippen LogP) is 3.44. The number of nitrogens with zero attached hydrogens (tertiary/aromatic N) is 2. The zero-order valence-corrected chi connectivity index (χ0v) is 11.7. The molecule has 0 atom stereocenters. The maximum atomic E-state index is 13.7. The van der Waals surface area contributed by atoms with E-state index < -0.39 is 11.6 Å². The third-order valence-corrected chi connectivity index (χ3v) is 2.86. The quantitative estimate of drug-likeness (QED) is 0.859. The summed E-state index contributed by atoms with van der Waals surface area (Å²) in [5, 5.41) is 0. The molecule has 0 saturated carbocycles. The molecule has 0 fully saturated rings. The monoisotopic (exact) mass is 278 g/mol. The summed E-state index contributed by atoms with van der Waals surface area (Å²) in [4.78, 5) is 8.22. The van der Waals surface area contributed by atoms with Crippen LogP contribution in [0.25, 0.3) is 0 Å². The Bertz CT molecular complexity index is 615. The van der Waals surface area contributed by atoms with Crippen LogP contribution in [-0.4, -0.2) is 16.1 Å². The molecule has 1 heterocycles. The average molecular weight is 278 g/mol. The molecule has 20 heavy (non-hydrogen) atoms. The molecule has 2 aromatic rings. The Balaban J connectivity index is 2.29. The van der Waals surface area contributed by atoms with Crippen LogP contribution in [0.3, 0.4) is 0 Å². The van der Waals surface area contributed by atoms with Crippen LogP contribution in [0.2, 0.25) is 0 Å². The van der Waals surface area contributed by atoms with E-state index in [1.54, 1.807) is 0 Å². The van der Waals surface area contributed by atoms with Gasteiger partial charge in [-0.25, -0.2) is 18.7 Å². The first-order chi connectivity index (χ1) is 9.47. The van der Waals surface area contributed by atoms with E-state index >= 15 is 0 Å². The van der Waals surface area contributed by atoms with E-state index in [4.69, 9.17) is 4.74 Å². The Labute approximate surface area is 116 Å². The zero-order valence-electron chi connectivity index (χ0n) is 11.7. The molecule has 1 aromatic carbocycles. The van der Waals surface area contributed by atoms with Crippen molar-refractivity contribution < 1.29 is 13.5 Å². The average Bonchev–Trinajstić information content (AvgIpc) is 2.36. The van der Waals surface area contributed by atoms with E-state index in [9.17, 15) is 8.78 Å². The fourth-order valence-electron chi connectivity index (χ4n) is 1.83. The number of rotatable bonds is 4. The van der Waals surface area contributed by atoms with Crippen LogP contribution in [0, 0.1) is 18.6 Å². The van der Waals surface area contributed by atoms with Crippen LogP contribution in [0.1, 0.15) is 30.7 Å². The molecule has 5 heteroatoms. The highest BCUT2D eigenvalue weighted by Crippen LogP contribution is 2.21. The van der Waals surface area contributed by atoms with E-state index in [-0.39, 0.29) is 12.5 Å². The van der Waals surface area contributed by atoms with E-state index in [0.717, 1.165) is 11.6 Å². The fraction of sp³-hybridized carbons (Fsp3) is 0.333. The molecule has 2 rings (SSSR count). The van der Waals surface area contributed by atoms with Gasteiger partial charge in [0.2, 0.25) is 5.88 Å². The molecule has 0 spiro atoms. The van der Waals surface area contributed by atoms with Crippen LogP contribution < -0.4 is 4.74 Å². The van der Waals surface area contributed by atoms with Gasteiger partial charge in [-0.1, -0.05) is 6.07 Å². The number of halogens is 2. The maximum absolute atomic E-state index is 13.7. The molecule has 0 aliphatic heterocycles. The zero-order chi connectivity index (χ0) is 14.7. The van der Waals surface area contributed by atoms with Gasteiger partial charge in [0, 0.05) is 18.1 Å². The third-order valence-electron chi connectivity index (χ3n) is 2.86. The Morgan fingerprint density at radius 1 is 1.20 bits per heavy atom. The van der Waals surface area contributed by atoms with Gasteiger partial charge in [0.25, 0.3) is 0 Å². The number of benzene rings is 1. The number of hydrogen-bond acceptors (Lipinski definition) is 3. The van der Waals surface area contributed by atoms with Crippen molar-refractivity contribution in [3.63, 3.8) is 0 Å². The molecule has 0 aliphatic rings. The molecule has 0 unspecified atom stereocenters. The van der Waals surface area contributed by atoms with Crippen molar-refractivity contribution in [2.24, 2.45) is 0 Å². The maximum Gasteiger partial charge on any atom is 0.219 e. The van der Waals surface area contributed by atoms with Crippen molar-refractivity contribution in [2.45, 2.75) is 33.3 Å². The summed E-state index contributed by atoms with van der Waals surface area (Å²) in [6.07, 6.45) is 1.66. The lowest BCUT2D eigenvalue weighted by Gasteiger charge is -2.13. The molecule has 0 amide bonds. The van der Waals surface area contributed by atoms with Gasteiger partial charge in [-0.2, -0.15) is 0 Å². The van der Waals surface area contributed by atoms with Gasteiger partial charge >= 0.3 is 0 Å². The first-order valence-corrected chi connectivity index (χ1v) is 6.38. The lowest BCUT2D eigenvalue weighted by Crippen LogP contribution is -2.10. The molecule has 0 aliphatic carbocycles. The minimum absolute atomic E-state index is 0.000919. The molecule has 0 saturated heterocycles. The Morgan fingerprint density at radius 2 is 1.95 bits per heavy atom. The normalized spacial score (nSPS) is 10.9. The number of aromatic nitrogens is 2. The van der Waals surface area contributed by atoms with Gasteiger partial charge in [-0.05, 0) is 32.4 Å². The second kappa shape index (κ2) is 5.94. The molecule has 3 nitrogen and oxygen atoms in total. The minimum Gasteiger partial charge on any atom is -0.475 e. The van der Waals surface area contributed by atoms with Crippen LogP contribution in [0.15, 0.2) is 24.5 Å². The molecule has 0 N–H and O–H groups in total. The van der Waals surface area contributed by atoms with Crippen molar-refractivity contribution in [3.05, 3.63) is 53.0 Å². The molecule has 0 bridgehead atoms. The predicted molar refractivity (Wildman–Crippen MR) is 71.7 cm³/mol. The van der Waals surface area contributed by atoms with Gasteiger partial charge in [-0.15, -0.1) is 0 Å². The highest BCUT2D eigenvalue weighted by molar-refractivity contribution is 5.33. The largest absolute Gasteiger partial charge is 0.475 e. The van der Waals surface area contributed by atoms with Gasteiger partial charge < -0.3 is 4.74 Å². The molecule has 1 aromatic heterocycles. The lowest BCUT2D eigenvalue weighted by atomic mass is 10.1. The SMILES string of the molecule is Cc1c(Cc2ccc(F)cc2F)ncnc1OC(C)C. The summed E-state index contributed by atoms with van der Waals surface area (Å²) in [5.41, 5.74) is 1.83. The molecular formula is C15H16F2N2O. The molecular weight excluding hydrogens is 262 g/mol. The lowest BCUT2D eigenvalue weighted by molar-refractivity contribution is 0.230. The summed E-state index contributed by atoms with van der Waals surface area (Å²) in [5.74, 6) is -0.670. The smallest absolute Gasteiger partial charge is 0.219 e. The minimum atomic E-state index is -0.588. The number of ether oxygens (including phenoxy) is 1. The van der Waals surface area contributed by atoms with Crippen molar-refractivity contribution in [2.75, 3.05) is 0 Å². The van der Waals surface area contributed by atoms with Crippen molar-refractivity contribution in [1.82, 2.24) is 9.97 Å². The summed E-state index contributed by atoms with van der Waals surface area (Å²) >= 11 is 0. The van der Waals surface area contributed by atoms with E-state index in [1.165, 1.54) is 18.5 Å². The number of hydrogen-bond donors (Lipinski definition) is 0. The Kier molecular flexibility index (Phi) is 4.27. The second-order valence-electron chi connectivity index (χ2n) is 4.83. The van der Waals surface area contributed by atoms with E-state index in [2.05, 4.69) is 9.97 Å². The van der Waals surface area contributed by atoms with Crippen LogP contribution in [-0.2, 0) is 6.42 Å². The van der Waals surface area contributed by atoms with E-state index in [0.29, 0.717) is 17.1 Å². The standard InChI is InChI=1S/C15H16F2N2O/c1-9(2)20-15-10(3)14(18-8-19-15)6-11-4-5-12(16)7-13(11)17/h4-5,7-9H,6H2,1-3H3. The molecule has 0 radical (unpaired) electrons. The van der Waals surface area contributed by atoms with Gasteiger partial charge in [0.05, 0.1) is 11.8 Å². The summed E-state index contributed by atoms with van der Waals surface area (Å²) in [6, 6.07) is 3.53. The van der Waals surface area contributed by atoms with Crippen LogP contribution >= 0.6 is 0 Å². The van der Waals surface area contributed by atoms with Crippen molar-refractivity contribution in [3.8, 4) is 5.88 Å². The van der Waals surface area contributed by atoms with E-state index in [1.807, 2.05) is 20.8 Å². The highest BCUT2D eigenvalue weighted by Gasteiger charge is 2.12. The highest BCUT2D eigenvalue weighted by atomic mass is 19.1. The third kappa shape index (κ3) is 3.29. The fourth-order valence-corrected chi connectivity index (χ4v) is 1.83. The van der Waals surface area contributed by atoms with Crippen LogP contribution in [0.4, 0.5) is 8.78 Å². The first kappa shape index (κ1) is 14.4. The van der Waals surface area contributed by atoms with Gasteiger partial charge in [0.1, 0.15) is 18.0 Å². The Hall–Kier alpha value is -2.04. The van der Waals surface area contributed by atoms with Gasteiger partial charge in [-0.3, -0.25) is 0 Å². The summed E-state index contributed by atoms with van der Waals surface area (Å²) < 4.78 is 32.1. The first-order valence-electron chi connectivity index (χ1n) is 6.38. The molecule has 106 valence electrons. The summed E-state index contributed by atoms with van der Waals surface area (Å²) in [6.45, 7) is 5.64. The van der Waals surface area contributed by atoms with Crippen molar-refractivity contribution in [1.29, 1.82) is 0 Å². The Morgan fingerprint density at radius 3 is 2.60 bits per heavy atom. The summed E-state index contributed by atoms with van der Waals surface area (Å²) in [7, 11) is 0. The topological polar surface area (TPSA) is 35.0 Å². The van der Waals surface area contributed by atoms with Gasteiger partial charge in [0.15, 0.2) is 0 Å². The van der Waals surface area contributed by atoms with Crippen molar-refractivity contribution >= 4 is 0 Å². The second-order valence-corrected chi connectivity index (χ2v) is 4.83. The van der Waals surface area contributed by atoms with Crippen LogP contribution in [0.5, 0.6) is 5.88 Å².